The minimum Gasteiger partial charge on any atom is -0.444 e. The molecule has 1 aliphatic heterocycles. The highest BCUT2D eigenvalue weighted by molar-refractivity contribution is 5.96. The zero-order valence-electron chi connectivity index (χ0n) is 15.8. The van der Waals surface area contributed by atoms with E-state index in [1.54, 1.807) is 45.0 Å². The average Bonchev–Trinajstić information content (AvgIpc) is 3.04. The average molecular weight is 364 g/mol. The van der Waals surface area contributed by atoms with Gasteiger partial charge in [0.2, 0.25) is 5.91 Å². The predicted molar refractivity (Wildman–Crippen MR) is 97.9 cm³/mol. The van der Waals surface area contributed by atoms with Crippen LogP contribution in [-0.2, 0) is 14.3 Å². The fourth-order valence-electron chi connectivity index (χ4n) is 2.85. The molecule has 0 aliphatic carbocycles. The van der Waals surface area contributed by atoms with Crippen LogP contribution >= 0.6 is 0 Å². The molecule has 0 radical (unpaired) electrons. The SMILES string of the molecule is COCC(O)c1ccc(NC(=O)[C@@H]2CCCN2C(=O)OC(C)(C)C)cc1. The number of anilines is 1. The van der Waals surface area contributed by atoms with Gasteiger partial charge in [-0.3, -0.25) is 9.69 Å². The predicted octanol–water partition coefficient (Wildman–Crippen LogP) is 2.70. The molecule has 0 saturated carbocycles. The van der Waals surface area contributed by atoms with Crippen molar-refractivity contribution in [3.63, 3.8) is 0 Å². The summed E-state index contributed by atoms with van der Waals surface area (Å²) in [5, 5.41) is 12.7. The Labute approximate surface area is 154 Å². The lowest BCUT2D eigenvalue weighted by atomic mass is 10.1. The Hall–Kier alpha value is -2.12. The lowest BCUT2D eigenvalue weighted by molar-refractivity contribution is -0.120. The summed E-state index contributed by atoms with van der Waals surface area (Å²) in [6.07, 6.45) is 0.199. The highest BCUT2D eigenvalue weighted by Crippen LogP contribution is 2.23. The first kappa shape index (κ1) is 20.2. The van der Waals surface area contributed by atoms with Crippen molar-refractivity contribution in [3.8, 4) is 0 Å². The Morgan fingerprint density at radius 2 is 1.96 bits per heavy atom. The first-order chi connectivity index (χ1) is 12.2. The van der Waals surface area contributed by atoms with Crippen molar-refractivity contribution in [2.75, 3.05) is 25.6 Å². The zero-order valence-corrected chi connectivity index (χ0v) is 15.8. The second-order valence-corrected chi connectivity index (χ2v) is 7.41. The monoisotopic (exact) mass is 364 g/mol. The third-order valence-corrected chi connectivity index (χ3v) is 4.07. The van der Waals surface area contributed by atoms with Gasteiger partial charge in [0.1, 0.15) is 17.7 Å². The normalized spacial score (nSPS) is 18.5. The summed E-state index contributed by atoms with van der Waals surface area (Å²) < 4.78 is 10.3. The van der Waals surface area contributed by atoms with E-state index in [-0.39, 0.29) is 12.5 Å². The summed E-state index contributed by atoms with van der Waals surface area (Å²) in [5.41, 5.74) is 0.722. The molecule has 1 heterocycles. The molecule has 7 heteroatoms. The van der Waals surface area contributed by atoms with Crippen molar-refractivity contribution < 1.29 is 24.2 Å². The molecule has 1 aliphatic rings. The number of carbonyl (C=O) groups excluding carboxylic acids is 2. The Morgan fingerprint density at radius 1 is 1.31 bits per heavy atom. The molecule has 1 aromatic carbocycles. The summed E-state index contributed by atoms with van der Waals surface area (Å²) in [7, 11) is 1.52. The number of likely N-dealkylation sites (tertiary alicyclic amines) is 1. The molecule has 0 aromatic heterocycles. The number of nitrogens with zero attached hydrogens (tertiary/aromatic N) is 1. The quantitative estimate of drug-likeness (QED) is 0.839. The second kappa shape index (κ2) is 8.51. The van der Waals surface area contributed by atoms with Crippen molar-refractivity contribution in [2.24, 2.45) is 0 Å². The van der Waals surface area contributed by atoms with Crippen LogP contribution in [0, 0.1) is 0 Å². The Balaban J connectivity index is 1.99. The fraction of sp³-hybridized carbons (Fsp3) is 0.579. The molecule has 144 valence electrons. The van der Waals surface area contributed by atoms with Gasteiger partial charge in [-0.05, 0) is 51.3 Å². The molecular weight excluding hydrogens is 336 g/mol. The van der Waals surface area contributed by atoms with Gasteiger partial charge in [0, 0.05) is 19.3 Å². The van der Waals surface area contributed by atoms with E-state index in [1.165, 1.54) is 12.0 Å². The van der Waals surface area contributed by atoms with Gasteiger partial charge < -0.3 is 19.9 Å². The van der Waals surface area contributed by atoms with Gasteiger partial charge in [0.05, 0.1) is 6.61 Å². The van der Waals surface area contributed by atoms with E-state index in [0.29, 0.717) is 24.2 Å². The number of nitrogens with one attached hydrogen (secondary N) is 1. The topological polar surface area (TPSA) is 88.1 Å². The van der Waals surface area contributed by atoms with Crippen LogP contribution in [0.1, 0.15) is 45.3 Å². The van der Waals surface area contributed by atoms with Crippen LogP contribution in [0.15, 0.2) is 24.3 Å². The first-order valence-corrected chi connectivity index (χ1v) is 8.78. The number of rotatable bonds is 5. The third kappa shape index (κ3) is 5.44. The van der Waals surface area contributed by atoms with Crippen molar-refractivity contribution in [2.45, 2.75) is 51.4 Å². The molecule has 1 unspecified atom stereocenters. The Morgan fingerprint density at radius 3 is 2.54 bits per heavy atom. The number of methoxy groups -OCH3 is 1. The van der Waals surface area contributed by atoms with E-state index >= 15 is 0 Å². The minimum atomic E-state index is -0.706. The van der Waals surface area contributed by atoms with Crippen LogP contribution in [0.3, 0.4) is 0 Å². The zero-order chi connectivity index (χ0) is 19.3. The van der Waals surface area contributed by atoms with Gasteiger partial charge in [-0.25, -0.2) is 4.79 Å². The smallest absolute Gasteiger partial charge is 0.410 e. The third-order valence-electron chi connectivity index (χ3n) is 4.07. The number of amides is 2. The molecule has 26 heavy (non-hydrogen) atoms. The maximum absolute atomic E-state index is 12.6. The molecule has 2 N–H and O–H groups in total. The summed E-state index contributed by atoms with van der Waals surface area (Å²) in [6, 6.07) is 6.38. The standard InChI is InChI=1S/C19H28N2O5/c1-19(2,3)26-18(24)21-11-5-6-15(21)17(23)20-14-9-7-13(8-10-14)16(22)12-25-4/h7-10,15-16,22H,5-6,11-12H2,1-4H3,(H,20,23)/t15-,16?/m0/s1. The van der Waals surface area contributed by atoms with Gasteiger partial charge in [-0.1, -0.05) is 12.1 Å². The number of benzene rings is 1. The van der Waals surface area contributed by atoms with E-state index in [9.17, 15) is 14.7 Å². The van der Waals surface area contributed by atoms with Crippen LogP contribution in [0.4, 0.5) is 10.5 Å². The first-order valence-electron chi connectivity index (χ1n) is 8.78. The number of aliphatic hydroxyl groups is 1. The maximum Gasteiger partial charge on any atom is 0.410 e. The number of ether oxygens (including phenoxy) is 2. The van der Waals surface area contributed by atoms with Gasteiger partial charge in [-0.2, -0.15) is 0 Å². The van der Waals surface area contributed by atoms with Gasteiger partial charge >= 0.3 is 6.09 Å². The maximum atomic E-state index is 12.6. The van der Waals surface area contributed by atoms with E-state index in [1.807, 2.05) is 0 Å². The summed E-state index contributed by atoms with van der Waals surface area (Å²) in [5.74, 6) is -0.237. The van der Waals surface area contributed by atoms with Gasteiger partial charge in [-0.15, -0.1) is 0 Å². The molecule has 2 rings (SSSR count). The lowest BCUT2D eigenvalue weighted by Crippen LogP contribution is -2.45. The van der Waals surface area contributed by atoms with Crippen LogP contribution in [0.2, 0.25) is 0 Å². The van der Waals surface area contributed by atoms with Crippen molar-refractivity contribution in [1.29, 1.82) is 0 Å². The molecule has 0 bridgehead atoms. The van der Waals surface area contributed by atoms with Crippen molar-refractivity contribution in [1.82, 2.24) is 4.90 Å². The summed E-state index contributed by atoms with van der Waals surface area (Å²) >= 11 is 0. The van der Waals surface area contributed by atoms with E-state index in [4.69, 9.17) is 9.47 Å². The van der Waals surface area contributed by atoms with E-state index < -0.39 is 23.8 Å². The van der Waals surface area contributed by atoms with Crippen LogP contribution in [-0.4, -0.2) is 53.9 Å². The largest absolute Gasteiger partial charge is 0.444 e. The van der Waals surface area contributed by atoms with Crippen LogP contribution in [0.25, 0.3) is 0 Å². The Kier molecular flexibility index (Phi) is 6.61. The van der Waals surface area contributed by atoms with Crippen molar-refractivity contribution >= 4 is 17.7 Å². The molecule has 2 atom stereocenters. The molecule has 2 amide bonds. The fourth-order valence-corrected chi connectivity index (χ4v) is 2.85. The highest BCUT2D eigenvalue weighted by Gasteiger charge is 2.36. The van der Waals surface area contributed by atoms with Crippen LogP contribution in [0.5, 0.6) is 0 Å². The van der Waals surface area contributed by atoms with Gasteiger partial charge in [0.15, 0.2) is 0 Å². The molecule has 7 nitrogen and oxygen atoms in total. The van der Waals surface area contributed by atoms with Crippen LogP contribution < -0.4 is 5.32 Å². The molecule has 1 saturated heterocycles. The molecular formula is C19H28N2O5. The van der Waals surface area contributed by atoms with Gasteiger partial charge in [0.25, 0.3) is 0 Å². The second-order valence-electron chi connectivity index (χ2n) is 7.41. The Bertz CT molecular complexity index is 624. The highest BCUT2D eigenvalue weighted by atomic mass is 16.6. The number of hydrogen-bond acceptors (Lipinski definition) is 5. The summed E-state index contributed by atoms with van der Waals surface area (Å²) in [4.78, 5) is 26.4. The van der Waals surface area contributed by atoms with E-state index in [0.717, 1.165) is 6.42 Å². The molecule has 1 fully saturated rings. The minimum absolute atomic E-state index is 0.207. The molecule has 1 aromatic rings. The number of carbonyl (C=O) groups is 2. The molecule has 0 spiro atoms. The number of aliphatic hydroxyl groups excluding tert-OH is 1. The number of hydrogen-bond donors (Lipinski definition) is 2. The summed E-state index contributed by atoms with van der Waals surface area (Å²) in [6.45, 7) is 6.12. The van der Waals surface area contributed by atoms with Crippen molar-refractivity contribution in [3.05, 3.63) is 29.8 Å². The van der Waals surface area contributed by atoms with E-state index in [2.05, 4.69) is 5.32 Å². The lowest BCUT2D eigenvalue weighted by Gasteiger charge is -2.28.